The van der Waals surface area contributed by atoms with Crippen LogP contribution < -0.4 is 4.90 Å². The smallest absolute Gasteiger partial charge is 0.153 e. The third kappa shape index (κ3) is 4.60. The van der Waals surface area contributed by atoms with E-state index in [0.29, 0.717) is 17.8 Å². The predicted molar refractivity (Wildman–Crippen MR) is 100 cm³/mol. The number of carbonyl (C=O) groups is 1. The van der Waals surface area contributed by atoms with E-state index < -0.39 is 0 Å². The molecule has 3 heteroatoms. The van der Waals surface area contributed by atoms with E-state index in [1.54, 1.807) is 12.1 Å². The first kappa shape index (κ1) is 18.1. The Kier molecular flexibility index (Phi) is 6.86. The SMILES string of the molecule is CCCCC(CC)CN(c1ccccc1)c1ccc(C=O)c(O)c1. The molecule has 0 saturated carbocycles. The van der Waals surface area contributed by atoms with Crippen LogP contribution in [0, 0.1) is 5.92 Å². The topological polar surface area (TPSA) is 40.5 Å². The highest BCUT2D eigenvalue weighted by Gasteiger charge is 2.16. The Balaban J connectivity index is 2.32. The van der Waals surface area contributed by atoms with Crippen molar-refractivity contribution in [3.05, 3.63) is 54.1 Å². The van der Waals surface area contributed by atoms with Gasteiger partial charge in [-0.3, -0.25) is 4.79 Å². The second kappa shape index (κ2) is 9.11. The molecule has 0 spiro atoms. The van der Waals surface area contributed by atoms with Gasteiger partial charge < -0.3 is 10.0 Å². The number of aldehydes is 1. The largest absolute Gasteiger partial charge is 0.507 e. The molecule has 0 heterocycles. The van der Waals surface area contributed by atoms with Crippen molar-refractivity contribution in [2.45, 2.75) is 39.5 Å². The first-order valence-corrected chi connectivity index (χ1v) is 8.80. The van der Waals surface area contributed by atoms with Crippen molar-refractivity contribution in [2.75, 3.05) is 11.4 Å². The van der Waals surface area contributed by atoms with Crippen LogP contribution >= 0.6 is 0 Å². The lowest BCUT2D eigenvalue weighted by Crippen LogP contribution is -2.25. The molecular weight excluding hydrogens is 298 g/mol. The Morgan fingerprint density at radius 3 is 2.42 bits per heavy atom. The first-order chi connectivity index (χ1) is 11.7. The number of hydrogen-bond donors (Lipinski definition) is 1. The molecule has 3 nitrogen and oxygen atoms in total. The molecule has 0 aliphatic rings. The maximum atomic E-state index is 10.9. The van der Waals surface area contributed by atoms with Gasteiger partial charge >= 0.3 is 0 Å². The van der Waals surface area contributed by atoms with Gasteiger partial charge in [-0.2, -0.15) is 0 Å². The van der Waals surface area contributed by atoms with Crippen LogP contribution in [0.25, 0.3) is 0 Å². The maximum Gasteiger partial charge on any atom is 0.153 e. The number of unbranched alkanes of at least 4 members (excludes halogenated alkanes) is 1. The number of carbonyl (C=O) groups excluding carboxylic acids is 1. The van der Waals surface area contributed by atoms with Crippen molar-refractivity contribution >= 4 is 17.7 Å². The number of phenolic OH excluding ortho intramolecular Hbond substituents is 1. The number of rotatable bonds is 9. The Labute approximate surface area is 144 Å². The molecule has 0 aromatic heterocycles. The van der Waals surface area contributed by atoms with Crippen molar-refractivity contribution in [3.63, 3.8) is 0 Å². The van der Waals surface area contributed by atoms with Crippen LogP contribution in [0.4, 0.5) is 11.4 Å². The van der Waals surface area contributed by atoms with E-state index in [0.717, 1.165) is 24.3 Å². The van der Waals surface area contributed by atoms with Gasteiger partial charge in [0.05, 0.1) is 5.56 Å². The van der Waals surface area contributed by atoms with Crippen molar-refractivity contribution in [2.24, 2.45) is 5.92 Å². The molecule has 2 rings (SSSR count). The molecule has 2 aromatic rings. The van der Waals surface area contributed by atoms with E-state index in [-0.39, 0.29) is 5.75 Å². The summed E-state index contributed by atoms with van der Waals surface area (Å²) in [7, 11) is 0. The van der Waals surface area contributed by atoms with Gasteiger partial charge in [0.25, 0.3) is 0 Å². The van der Waals surface area contributed by atoms with E-state index in [2.05, 4.69) is 30.9 Å². The van der Waals surface area contributed by atoms with E-state index in [1.807, 2.05) is 24.3 Å². The summed E-state index contributed by atoms with van der Waals surface area (Å²) in [5.41, 5.74) is 2.34. The fraction of sp³-hybridized carbons (Fsp3) is 0.381. The normalized spacial score (nSPS) is 11.9. The number of nitrogens with zero attached hydrogens (tertiary/aromatic N) is 1. The van der Waals surface area contributed by atoms with E-state index >= 15 is 0 Å². The molecule has 0 aliphatic heterocycles. The van der Waals surface area contributed by atoms with Crippen molar-refractivity contribution in [1.29, 1.82) is 0 Å². The average molecular weight is 325 g/mol. The molecule has 1 unspecified atom stereocenters. The average Bonchev–Trinajstić information content (AvgIpc) is 2.62. The van der Waals surface area contributed by atoms with Crippen molar-refractivity contribution < 1.29 is 9.90 Å². The van der Waals surface area contributed by atoms with Gasteiger partial charge in [0.2, 0.25) is 0 Å². The standard InChI is InChI=1S/C21H27NO2/c1-3-5-9-17(4-2)15-22(19-10-7-6-8-11-19)20-13-12-18(16-23)21(24)14-20/h6-8,10-14,16-17,24H,3-5,9,15H2,1-2H3. The zero-order valence-electron chi connectivity index (χ0n) is 14.6. The number of phenols is 1. The number of para-hydroxylation sites is 1. The molecule has 0 amide bonds. The fourth-order valence-electron chi connectivity index (χ4n) is 2.94. The molecule has 128 valence electrons. The molecule has 2 aromatic carbocycles. The molecule has 0 bridgehead atoms. The molecule has 0 aliphatic carbocycles. The third-order valence-electron chi connectivity index (χ3n) is 4.50. The van der Waals surface area contributed by atoms with Gasteiger partial charge in [-0.1, -0.05) is 51.3 Å². The summed E-state index contributed by atoms with van der Waals surface area (Å²) in [5, 5.41) is 10.1. The summed E-state index contributed by atoms with van der Waals surface area (Å²) >= 11 is 0. The highest BCUT2D eigenvalue weighted by molar-refractivity contribution is 5.81. The van der Waals surface area contributed by atoms with E-state index in [4.69, 9.17) is 0 Å². The summed E-state index contributed by atoms with van der Waals surface area (Å²) in [4.78, 5) is 13.2. The minimum Gasteiger partial charge on any atom is -0.507 e. The maximum absolute atomic E-state index is 10.9. The molecule has 1 atom stereocenters. The summed E-state index contributed by atoms with van der Waals surface area (Å²) in [6.45, 7) is 5.36. The molecule has 24 heavy (non-hydrogen) atoms. The monoisotopic (exact) mass is 325 g/mol. The van der Waals surface area contributed by atoms with Gasteiger partial charge in [-0.15, -0.1) is 0 Å². The number of aromatic hydroxyl groups is 1. The first-order valence-electron chi connectivity index (χ1n) is 8.80. The Morgan fingerprint density at radius 2 is 1.83 bits per heavy atom. The zero-order chi connectivity index (χ0) is 17.4. The molecule has 0 radical (unpaired) electrons. The van der Waals surface area contributed by atoms with Gasteiger partial charge in [-0.25, -0.2) is 0 Å². The molecule has 0 saturated heterocycles. The Hall–Kier alpha value is -2.29. The summed E-state index contributed by atoms with van der Waals surface area (Å²) < 4.78 is 0. The number of hydrogen-bond acceptors (Lipinski definition) is 3. The van der Waals surface area contributed by atoms with Gasteiger partial charge in [0, 0.05) is 24.0 Å². The van der Waals surface area contributed by atoms with E-state index in [9.17, 15) is 9.90 Å². The number of benzene rings is 2. The molecule has 1 N–H and O–H groups in total. The Morgan fingerprint density at radius 1 is 1.08 bits per heavy atom. The van der Waals surface area contributed by atoms with Crippen LogP contribution in [0.2, 0.25) is 0 Å². The van der Waals surface area contributed by atoms with Crippen LogP contribution in [0.3, 0.4) is 0 Å². The van der Waals surface area contributed by atoms with Crippen LogP contribution in [-0.2, 0) is 0 Å². The Bertz CT molecular complexity index is 640. The highest BCUT2D eigenvalue weighted by atomic mass is 16.3. The van der Waals surface area contributed by atoms with Crippen molar-refractivity contribution in [1.82, 2.24) is 0 Å². The van der Waals surface area contributed by atoms with Crippen LogP contribution in [0.5, 0.6) is 5.75 Å². The van der Waals surface area contributed by atoms with Gasteiger partial charge in [0.15, 0.2) is 6.29 Å². The minimum atomic E-state index is 0.0324. The second-order valence-electron chi connectivity index (χ2n) is 6.22. The van der Waals surface area contributed by atoms with Crippen molar-refractivity contribution in [3.8, 4) is 5.75 Å². The quantitative estimate of drug-likeness (QED) is 0.614. The third-order valence-corrected chi connectivity index (χ3v) is 4.50. The predicted octanol–water partition coefficient (Wildman–Crippen LogP) is 5.56. The molecule has 0 fully saturated rings. The van der Waals surface area contributed by atoms with Crippen LogP contribution in [0.1, 0.15) is 49.9 Å². The highest BCUT2D eigenvalue weighted by Crippen LogP contribution is 2.31. The van der Waals surface area contributed by atoms with Crippen LogP contribution in [0.15, 0.2) is 48.5 Å². The minimum absolute atomic E-state index is 0.0324. The zero-order valence-corrected chi connectivity index (χ0v) is 14.6. The summed E-state index contributed by atoms with van der Waals surface area (Å²) in [6, 6.07) is 15.5. The van der Waals surface area contributed by atoms with E-state index in [1.165, 1.54) is 19.3 Å². The van der Waals surface area contributed by atoms with Gasteiger partial charge in [-0.05, 0) is 36.6 Å². The lowest BCUT2D eigenvalue weighted by Gasteiger charge is -2.29. The lowest BCUT2D eigenvalue weighted by atomic mass is 9.98. The molecular formula is C21H27NO2. The number of anilines is 2. The fourth-order valence-corrected chi connectivity index (χ4v) is 2.94. The summed E-state index contributed by atoms with van der Waals surface area (Å²) in [6.07, 6.45) is 5.45. The van der Waals surface area contributed by atoms with Gasteiger partial charge in [0.1, 0.15) is 5.75 Å². The van der Waals surface area contributed by atoms with Crippen LogP contribution in [-0.4, -0.2) is 17.9 Å². The second-order valence-corrected chi connectivity index (χ2v) is 6.22. The summed E-state index contributed by atoms with van der Waals surface area (Å²) in [5.74, 6) is 0.628. The lowest BCUT2D eigenvalue weighted by molar-refractivity contribution is 0.112.